The Kier molecular flexibility index (Phi) is 4.64. The predicted molar refractivity (Wildman–Crippen MR) is 106 cm³/mol. The zero-order valence-corrected chi connectivity index (χ0v) is 15.1. The highest BCUT2D eigenvalue weighted by Crippen LogP contribution is 2.38. The van der Waals surface area contributed by atoms with Crippen LogP contribution in [-0.4, -0.2) is 49.3 Å². The van der Waals surface area contributed by atoms with Gasteiger partial charge in [0.1, 0.15) is 11.6 Å². The number of carbonyl (C=O) groups is 1. The molecule has 2 aromatic carbocycles. The molecule has 1 aromatic heterocycles. The van der Waals surface area contributed by atoms with Gasteiger partial charge in [-0.15, -0.1) is 0 Å². The number of rotatable bonds is 4. The van der Waals surface area contributed by atoms with Gasteiger partial charge >= 0.3 is 5.97 Å². The average molecular weight is 363 g/mol. The summed E-state index contributed by atoms with van der Waals surface area (Å²) in [7, 11) is 1.67. The summed E-state index contributed by atoms with van der Waals surface area (Å²) in [5.74, 6) is 0.785. The van der Waals surface area contributed by atoms with Crippen molar-refractivity contribution in [3.05, 3.63) is 54.2 Å². The second kappa shape index (κ2) is 7.25. The van der Waals surface area contributed by atoms with Gasteiger partial charge in [-0.05, 0) is 29.1 Å². The van der Waals surface area contributed by atoms with Gasteiger partial charge in [0.15, 0.2) is 0 Å². The maximum atomic E-state index is 11.1. The molecular formula is C21H21N3O3. The number of nitrogens with zero attached hydrogens (tertiary/aromatic N) is 2. The van der Waals surface area contributed by atoms with Crippen LogP contribution in [0.25, 0.3) is 21.9 Å². The van der Waals surface area contributed by atoms with Crippen LogP contribution in [0.1, 0.15) is 10.4 Å². The van der Waals surface area contributed by atoms with Gasteiger partial charge < -0.3 is 20.1 Å². The normalized spacial score (nSPS) is 14.3. The van der Waals surface area contributed by atoms with Crippen molar-refractivity contribution in [1.29, 1.82) is 0 Å². The second-order valence-electron chi connectivity index (χ2n) is 6.50. The topological polar surface area (TPSA) is 74.7 Å². The molecule has 0 unspecified atom stereocenters. The van der Waals surface area contributed by atoms with Crippen LogP contribution in [0.4, 0.5) is 5.82 Å². The standard InChI is InChI=1S/C21H21N3O3/c1-27-18-4-2-3-16-17(14-5-7-15(8-6-14)21(25)26)13-23-20(19(16)18)24-11-9-22-10-12-24/h2-8,13,22H,9-12H2,1H3,(H,25,26). The molecule has 3 aromatic rings. The molecule has 0 amide bonds. The molecule has 6 nitrogen and oxygen atoms in total. The molecule has 0 saturated carbocycles. The molecule has 0 spiro atoms. The molecule has 2 N–H and O–H groups in total. The van der Waals surface area contributed by atoms with Crippen LogP contribution in [0.15, 0.2) is 48.7 Å². The molecule has 0 atom stereocenters. The molecule has 1 fully saturated rings. The number of pyridine rings is 1. The molecule has 6 heteroatoms. The van der Waals surface area contributed by atoms with E-state index in [4.69, 9.17) is 14.8 Å². The smallest absolute Gasteiger partial charge is 0.335 e. The second-order valence-corrected chi connectivity index (χ2v) is 6.50. The van der Waals surface area contributed by atoms with Crippen LogP contribution in [0, 0.1) is 0 Å². The van der Waals surface area contributed by atoms with Crippen LogP contribution in [0.3, 0.4) is 0 Å². The van der Waals surface area contributed by atoms with Crippen molar-refractivity contribution in [2.75, 3.05) is 38.2 Å². The van der Waals surface area contributed by atoms with E-state index in [0.29, 0.717) is 0 Å². The van der Waals surface area contributed by atoms with Crippen molar-refractivity contribution in [2.45, 2.75) is 0 Å². The van der Waals surface area contributed by atoms with E-state index in [1.807, 2.05) is 30.5 Å². The number of hydrogen-bond donors (Lipinski definition) is 2. The Morgan fingerprint density at radius 3 is 2.56 bits per heavy atom. The summed E-state index contributed by atoms with van der Waals surface area (Å²) in [5.41, 5.74) is 2.16. The quantitative estimate of drug-likeness (QED) is 0.742. The minimum absolute atomic E-state index is 0.269. The highest BCUT2D eigenvalue weighted by atomic mass is 16.5. The van der Waals surface area contributed by atoms with Crippen molar-refractivity contribution in [3.63, 3.8) is 0 Å². The number of aromatic carboxylic acids is 1. The van der Waals surface area contributed by atoms with E-state index in [2.05, 4.69) is 16.3 Å². The molecule has 4 rings (SSSR count). The first-order valence-electron chi connectivity index (χ1n) is 8.94. The number of aromatic nitrogens is 1. The lowest BCUT2D eigenvalue weighted by Gasteiger charge is -2.30. The minimum Gasteiger partial charge on any atom is -0.496 e. The van der Waals surface area contributed by atoms with Gasteiger partial charge in [-0.1, -0.05) is 24.3 Å². The summed E-state index contributed by atoms with van der Waals surface area (Å²) in [5, 5.41) is 14.5. The Morgan fingerprint density at radius 1 is 1.15 bits per heavy atom. The Bertz CT molecular complexity index is 980. The fourth-order valence-electron chi connectivity index (χ4n) is 3.55. The summed E-state index contributed by atoms with van der Waals surface area (Å²) in [4.78, 5) is 18.2. The van der Waals surface area contributed by atoms with E-state index in [-0.39, 0.29) is 5.56 Å². The molecule has 1 saturated heterocycles. The summed E-state index contributed by atoms with van der Waals surface area (Å²) in [6, 6.07) is 12.9. The number of fused-ring (bicyclic) bond motifs is 1. The number of benzene rings is 2. The first-order valence-corrected chi connectivity index (χ1v) is 8.94. The van der Waals surface area contributed by atoms with E-state index >= 15 is 0 Å². The van der Waals surface area contributed by atoms with Crippen molar-refractivity contribution in [2.24, 2.45) is 0 Å². The Labute approximate surface area is 157 Å². The fourth-order valence-corrected chi connectivity index (χ4v) is 3.55. The third kappa shape index (κ3) is 3.19. The number of piperazine rings is 1. The minimum atomic E-state index is -0.930. The molecule has 138 valence electrons. The molecule has 27 heavy (non-hydrogen) atoms. The van der Waals surface area contributed by atoms with E-state index in [9.17, 15) is 4.79 Å². The summed E-state index contributed by atoms with van der Waals surface area (Å²) in [6.45, 7) is 3.65. The van der Waals surface area contributed by atoms with Crippen LogP contribution < -0.4 is 15.0 Å². The fraction of sp³-hybridized carbons (Fsp3) is 0.238. The van der Waals surface area contributed by atoms with Crippen molar-refractivity contribution in [3.8, 4) is 16.9 Å². The summed E-state index contributed by atoms with van der Waals surface area (Å²) < 4.78 is 5.64. The number of ether oxygens (including phenoxy) is 1. The van der Waals surface area contributed by atoms with E-state index in [1.54, 1.807) is 19.2 Å². The van der Waals surface area contributed by atoms with E-state index in [0.717, 1.165) is 59.6 Å². The van der Waals surface area contributed by atoms with Crippen molar-refractivity contribution in [1.82, 2.24) is 10.3 Å². The van der Waals surface area contributed by atoms with Gasteiger partial charge in [-0.2, -0.15) is 0 Å². The lowest BCUT2D eigenvalue weighted by molar-refractivity contribution is 0.0697. The third-order valence-corrected chi connectivity index (χ3v) is 4.94. The molecular weight excluding hydrogens is 342 g/mol. The van der Waals surface area contributed by atoms with E-state index in [1.165, 1.54) is 0 Å². The van der Waals surface area contributed by atoms with Crippen molar-refractivity contribution < 1.29 is 14.6 Å². The molecule has 0 radical (unpaired) electrons. The molecule has 0 bridgehead atoms. The molecule has 2 heterocycles. The lowest BCUT2D eigenvalue weighted by atomic mass is 9.98. The maximum Gasteiger partial charge on any atom is 0.335 e. The largest absolute Gasteiger partial charge is 0.496 e. The van der Waals surface area contributed by atoms with Crippen LogP contribution in [-0.2, 0) is 0 Å². The molecule has 1 aliphatic heterocycles. The summed E-state index contributed by atoms with van der Waals surface area (Å²) in [6.07, 6.45) is 1.87. The predicted octanol–water partition coefficient (Wildman–Crippen LogP) is 3.02. The first kappa shape index (κ1) is 17.3. The lowest BCUT2D eigenvalue weighted by Crippen LogP contribution is -2.44. The van der Waals surface area contributed by atoms with Crippen LogP contribution in [0.2, 0.25) is 0 Å². The van der Waals surface area contributed by atoms with Crippen LogP contribution in [0.5, 0.6) is 5.75 Å². The van der Waals surface area contributed by atoms with Gasteiger partial charge in [0.25, 0.3) is 0 Å². The monoisotopic (exact) mass is 363 g/mol. The molecule has 0 aliphatic carbocycles. The van der Waals surface area contributed by atoms with Gasteiger partial charge in [0.2, 0.25) is 0 Å². The summed E-state index contributed by atoms with van der Waals surface area (Å²) >= 11 is 0. The molecule has 1 aliphatic rings. The zero-order valence-electron chi connectivity index (χ0n) is 15.1. The number of nitrogens with one attached hydrogen (secondary N) is 1. The Morgan fingerprint density at radius 2 is 1.89 bits per heavy atom. The number of carboxylic acids is 1. The SMILES string of the molecule is COc1cccc2c(-c3ccc(C(=O)O)cc3)cnc(N3CCNCC3)c12. The van der Waals surface area contributed by atoms with Gasteiger partial charge in [0, 0.05) is 37.9 Å². The number of methoxy groups -OCH3 is 1. The van der Waals surface area contributed by atoms with Crippen LogP contribution >= 0.6 is 0 Å². The van der Waals surface area contributed by atoms with Gasteiger partial charge in [-0.25, -0.2) is 9.78 Å². The number of hydrogen-bond acceptors (Lipinski definition) is 5. The van der Waals surface area contributed by atoms with Gasteiger partial charge in [0.05, 0.1) is 18.1 Å². The zero-order chi connectivity index (χ0) is 18.8. The Balaban J connectivity index is 1.89. The highest BCUT2D eigenvalue weighted by molar-refractivity contribution is 6.05. The maximum absolute atomic E-state index is 11.1. The average Bonchev–Trinajstić information content (AvgIpc) is 2.73. The van der Waals surface area contributed by atoms with Crippen molar-refractivity contribution >= 4 is 22.6 Å². The Hall–Kier alpha value is -3.12. The third-order valence-electron chi connectivity index (χ3n) is 4.94. The highest BCUT2D eigenvalue weighted by Gasteiger charge is 2.19. The first-order chi connectivity index (χ1) is 13.2. The van der Waals surface area contributed by atoms with Gasteiger partial charge in [-0.3, -0.25) is 0 Å². The van der Waals surface area contributed by atoms with E-state index < -0.39 is 5.97 Å². The number of anilines is 1. The number of carboxylic acid groups (broad SMARTS) is 1.